The zero-order valence-corrected chi connectivity index (χ0v) is 14.0. The maximum atomic E-state index is 11.3. The van der Waals surface area contributed by atoms with Crippen molar-refractivity contribution >= 4 is 23.1 Å². The Morgan fingerprint density at radius 3 is 2.58 bits per heavy atom. The standard InChI is InChI=1S/C14H10N6O5S/c1-25-12-5-3-2-4-10(12)18-14(15-16-17-18)26-13-7-6-9(19(21)22)8-11(13)20(23)24/h2-8H,1H3. The number of methoxy groups -OCH3 is 1. The molecule has 0 radical (unpaired) electrons. The highest BCUT2D eigenvalue weighted by Crippen LogP contribution is 2.37. The summed E-state index contributed by atoms with van der Waals surface area (Å²) in [5, 5.41) is 33.7. The summed E-state index contributed by atoms with van der Waals surface area (Å²) in [5.41, 5.74) is -0.226. The molecule has 0 amide bonds. The van der Waals surface area contributed by atoms with Gasteiger partial charge in [-0.05, 0) is 40.4 Å². The molecule has 0 saturated heterocycles. The molecule has 26 heavy (non-hydrogen) atoms. The Hall–Kier alpha value is -3.54. The molecule has 12 heteroatoms. The SMILES string of the molecule is COc1ccccc1-n1nnnc1Sc1ccc([N+](=O)[O-])cc1[N+](=O)[O-]. The Morgan fingerprint density at radius 2 is 1.88 bits per heavy atom. The Morgan fingerprint density at radius 1 is 1.12 bits per heavy atom. The Bertz CT molecular complexity index is 991. The molecule has 2 aromatic carbocycles. The van der Waals surface area contributed by atoms with Crippen molar-refractivity contribution in [1.82, 2.24) is 20.2 Å². The molecule has 0 fully saturated rings. The number of nitro benzene ring substituents is 2. The summed E-state index contributed by atoms with van der Waals surface area (Å²) in [6.07, 6.45) is 0. The van der Waals surface area contributed by atoms with Gasteiger partial charge >= 0.3 is 0 Å². The van der Waals surface area contributed by atoms with Gasteiger partial charge < -0.3 is 4.74 Å². The van der Waals surface area contributed by atoms with E-state index in [0.717, 1.165) is 17.8 Å². The van der Waals surface area contributed by atoms with Crippen LogP contribution < -0.4 is 4.74 Å². The van der Waals surface area contributed by atoms with Gasteiger partial charge in [-0.1, -0.05) is 12.1 Å². The summed E-state index contributed by atoms with van der Waals surface area (Å²) in [6, 6.07) is 10.4. The van der Waals surface area contributed by atoms with E-state index in [4.69, 9.17) is 4.74 Å². The lowest BCUT2D eigenvalue weighted by Crippen LogP contribution is -2.02. The number of para-hydroxylation sites is 2. The molecule has 0 aliphatic heterocycles. The van der Waals surface area contributed by atoms with Crippen LogP contribution in [0.5, 0.6) is 5.75 Å². The largest absolute Gasteiger partial charge is 0.494 e. The van der Waals surface area contributed by atoms with Crippen LogP contribution in [0.15, 0.2) is 52.5 Å². The molecule has 1 aromatic heterocycles. The van der Waals surface area contributed by atoms with Gasteiger partial charge in [-0.2, -0.15) is 4.68 Å². The first-order valence-electron chi connectivity index (χ1n) is 7.03. The van der Waals surface area contributed by atoms with E-state index < -0.39 is 15.5 Å². The zero-order chi connectivity index (χ0) is 18.7. The molecule has 132 valence electrons. The monoisotopic (exact) mass is 374 g/mol. The number of non-ortho nitro benzene ring substituents is 1. The summed E-state index contributed by atoms with van der Waals surface area (Å²) < 4.78 is 6.64. The first-order valence-corrected chi connectivity index (χ1v) is 7.85. The number of aromatic nitrogens is 4. The van der Waals surface area contributed by atoms with Crippen molar-refractivity contribution in [2.24, 2.45) is 0 Å². The lowest BCUT2D eigenvalue weighted by molar-refractivity contribution is -0.396. The highest BCUT2D eigenvalue weighted by molar-refractivity contribution is 7.99. The van der Waals surface area contributed by atoms with E-state index in [1.54, 1.807) is 24.3 Å². The summed E-state index contributed by atoms with van der Waals surface area (Å²) in [4.78, 5) is 20.9. The lowest BCUT2D eigenvalue weighted by Gasteiger charge is -2.09. The highest BCUT2D eigenvalue weighted by Gasteiger charge is 2.23. The van der Waals surface area contributed by atoms with Crippen LogP contribution in [-0.2, 0) is 0 Å². The molecular formula is C14H10N6O5S. The van der Waals surface area contributed by atoms with Gasteiger partial charge in [0.05, 0.1) is 27.9 Å². The summed E-state index contributed by atoms with van der Waals surface area (Å²) in [6.45, 7) is 0. The zero-order valence-electron chi connectivity index (χ0n) is 13.2. The van der Waals surface area contributed by atoms with E-state index in [1.807, 2.05) is 0 Å². The fourth-order valence-corrected chi connectivity index (χ4v) is 3.01. The molecule has 11 nitrogen and oxygen atoms in total. The number of benzene rings is 2. The van der Waals surface area contributed by atoms with Crippen molar-refractivity contribution in [2.75, 3.05) is 7.11 Å². The van der Waals surface area contributed by atoms with E-state index in [9.17, 15) is 20.2 Å². The van der Waals surface area contributed by atoms with E-state index in [1.165, 1.54) is 23.9 Å². The highest BCUT2D eigenvalue weighted by atomic mass is 32.2. The van der Waals surface area contributed by atoms with Crippen molar-refractivity contribution in [3.8, 4) is 11.4 Å². The van der Waals surface area contributed by atoms with Crippen LogP contribution in [0, 0.1) is 20.2 Å². The van der Waals surface area contributed by atoms with Gasteiger partial charge in [-0.25, -0.2) is 0 Å². The molecule has 0 unspecified atom stereocenters. The molecule has 0 N–H and O–H groups in total. The normalized spacial score (nSPS) is 10.5. The average Bonchev–Trinajstić information content (AvgIpc) is 3.09. The number of nitrogens with zero attached hydrogens (tertiary/aromatic N) is 6. The molecule has 0 atom stereocenters. The third kappa shape index (κ3) is 3.30. The number of ether oxygens (including phenoxy) is 1. The maximum Gasteiger partial charge on any atom is 0.290 e. The molecule has 0 spiro atoms. The molecule has 3 aromatic rings. The third-order valence-electron chi connectivity index (χ3n) is 3.31. The Kier molecular flexibility index (Phi) is 4.75. The number of hydrogen-bond donors (Lipinski definition) is 0. The lowest BCUT2D eigenvalue weighted by atomic mass is 10.3. The van der Waals surface area contributed by atoms with Gasteiger partial charge in [-0.3, -0.25) is 20.2 Å². The van der Waals surface area contributed by atoms with Crippen molar-refractivity contribution in [2.45, 2.75) is 10.1 Å². The van der Waals surface area contributed by atoms with Crippen LogP contribution in [0.3, 0.4) is 0 Å². The minimum atomic E-state index is -0.694. The summed E-state index contributed by atoms with van der Waals surface area (Å²) >= 11 is 0.917. The molecular weight excluding hydrogens is 364 g/mol. The van der Waals surface area contributed by atoms with Crippen molar-refractivity contribution in [1.29, 1.82) is 0 Å². The fraction of sp³-hybridized carbons (Fsp3) is 0.0714. The molecule has 0 aliphatic rings. The minimum absolute atomic E-state index is 0.173. The van der Waals surface area contributed by atoms with E-state index in [2.05, 4.69) is 15.5 Å². The summed E-state index contributed by atoms with van der Waals surface area (Å²) in [7, 11) is 1.50. The second kappa shape index (κ2) is 7.14. The van der Waals surface area contributed by atoms with Crippen molar-refractivity contribution in [3.63, 3.8) is 0 Å². The number of tetrazole rings is 1. The van der Waals surface area contributed by atoms with Gasteiger partial charge in [0.1, 0.15) is 11.4 Å². The Labute approximate surface area is 149 Å². The molecule has 0 saturated carbocycles. The quantitative estimate of drug-likeness (QED) is 0.470. The number of hydrogen-bond acceptors (Lipinski definition) is 9. The van der Waals surface area contributed by atoms with Crippen LogP contribution in [-0.4, -0.2) is 37.2 Å². The van der Waals surface area contributed by atoms with Crippen molar-refractivity contribution < 1.29 is 14.6 Å². The fourth-order valence-electron chi connectivity index (χ4n) is 2.15. The molecule has 3 rings (SSSR count). The van der Waals surface area contributed by atoms with E-state index in [0.29, 0.717) is 11.4 Å². The first kappa shape index (κ1) is 17.3. The predicted molar refractivity (Wildman–Crippen MR) is 89.6 cm³/mol. The second-order valence-electron chi connectivity index (χ2n) is 4.81. The van der Waals surface area contributed by atoms with Gasteiger partial charge in [0.25, 0.3) is 11.4 Å². The number of rotatable bonds is 6. The molecule has 0 bridgehead atoms. The van der Waals surface area contributed by atoms with Crippen LogP contribution >= 0.6 is 11.8 Å². The van der Waals surface area contributed by atoms with Gasteiger partial charge in [0.2, 0.25) is 5.16 Å². The predicted octanol–water partition coefficient (Wildman–Crippen LogP) is 2.64. The number of nitro groups is 2. The summed E-state index contributed by atoms with van der Waals surface area (Å²) in [5.74, 6) is 0.514. The Balaban J connectivity index is 2.03. The van der Waals surface area contributed by atoms with Crippen LogP contribution in [0.1, 0.15) is 0 Å². The smallest absolute Gasteiger partial charge is 0.290 e. The average molecular weight is 374 g/mol. The molecule has 0 aliphatic carbocycles. The van der Waals surface area contributed by atoms with E-state index >= 15 is 0 Å². The first-order chi connectivity index (χ1) is 12.5. The minimum Gasteiger partial charge on any atom is -0.494 e. The van der Waals surface area contributed by atoms with Crippen LogP contribution in [0.2, 0.25) is 0 Å². The van der Waals surface area contributed by atoms with E-state index in [-0.39, 0.29) is 15.7 Å². The third-order valence-corrected chi connectivity index (χ3v) is 4.31. The van der Waals surface area contributed by atoms with Gasteiger partial charge in [0, 0.05) is 6.07 Å². The van der Waals surface area contributed by atoms with Crippen molar-refractivity contribution in [3.05, 3.63) is 62.7 Å². The van der Waals surface area contributed by atoms with Gasteiger partial charge in [-0.15, -0.1) is 5.10 Å². The van der Waals surface area contributed by atoms with Gasteiger partial charge in [0.15, 0.2) is 0 Å². The maximum absolute atomic E-state index is 11.3. The molecule has 1 heterocycles. The topological polar surface area (TPSA) is 139 Å². The van der Waals surface area contributed by atoms with Crippen LogP contribution in [0.4, 0.5) is 11.4 Å². The van der Waals surface area contributed by atoms with Crippen LogP contribution in [0.25, 0.3) is 5.69 Å². The second-order valence-corrected chi connectivity index (χ2v) is 5.82.